The maximum Gasteiger partial charge on any atom is 0.332 e. The Hall–Kier alpha value is -3.96. The second kappa shape index (κ2) is 10.2. The highest BCUT2D eigenvalue weighted by Gasteiger charge is 2.17. The molecule has 1 aromatic heterocycles. The van der Waals surface area contributed by atoms with Gasteiger partial charge in [0.15, 0.2) is 5.57 Å². The molecule has 0 bridgehead atoms. The van der Waals surface area contributed by atoms with Gasteiger partial charge in [0.25, 0.3) is 11.5 Å². The van der Waals surface area contributed by atoms with Crippen molar-refractivity contribution in [2.75, 3.05) is 13.7 Å². The lowest BCUT2D eigenvalue weighted by atomic mass is 10.1. The van der Waals surface area contributed by atoms with Gasteiger partial charge in [-0.25, -0.2) is 4.79 Å². The van der Waals surface area contributed by atoms with E-state index in [1.165, 1.54) is 11.7 Å². The minimum atomic E-state index is -0.698. The molecule has 0 saturated carbocycles. The number of aromatic nitrogens is 1. The van der Waals surface area contributed by atoms with Gasteiger partial charge in [-0.15, -0.1) is 11.3 Å². The predicted molar refractivity (Wildman–Crippen MR) is 118 cm³/mol. The molecule has 3 rings (SSSR count). The molecule has 0 atom stereocenters. The molecule has 0 aliphatic carbocycles. The molecule has 0 radical (unpaired) electrons. The minimum absolute atomic E-state index is 0.0653. The maximum atomic E-state index is 13.0. The number of carbonyl (C=O) groups is 2. The molecule has 0 aliphatic rings. The third-order valence-corrected chi connectivity index (χ3v) is 5.48. The van der Waals surface area contributed by atoms with Crippen LogP contribution < -0.4 is 20.1 Å². The van der Waals surface area contributed by atoms with Crippen LogP contribution >= 0.6 is 11.3 Å². The van der Waals surface area contributed by atoms with Crippen molar-refractivity contribution in [1.82, 2.24) is 9.88 Å². The smallest absolute Gasteiger partial charge is 0.332 e. The van der Waals surface area contributed by atoms with Gasteiger partial charge in [-0.1, -0.05) is 48.5 Å². The van der Waals surface area contributed by atoms with Crippen molar-refractivity contribution in [3.8, 4) is 11.8 Å². The Balaban J connectivity index is 2.06. The lowest BCUT2D eigenvalue weighted by Gasteiger charge is -2.06. The highest BCUT2D eigenvalue weighted by Crippen LogP contribution is 2.04. The summed E-state index contributed by atoms with van der Waals surface area (Å²) >= 11 is 0.889. The lowest BCUT2D eigenvalue weighted by Crippen LogP contribution is -2.34. The van der Waals surface area contributed by atoms with Crippen molar-refractivity contribution >= 4 is 34.9 Å². The number of nitrogens with zero attached hydrogens (tertiary/aromatic N) is 2. The maximum absolute atomic E-state index is 13.0. The molecule has 31 heavy (non-hydrogen) atoms. The molecule has 156 valence electrons. The molecule has 1 N–H and O–H groups in total. The molecule has 7 nitrogen and oxygen atoms in total. The fraction of sp³-hybridized carbons (Fsp3) is 0.130. The summed E-state index contributed by atoms with van der Waals surface area (Å²) in [6.45, 7) is 0.329. The number of benzene rings is 2. The van der Waals surface area contributed by atoms with E-state index in [9.17, 15) is 19.6 Å². The number of nitriles is 1. The first-order chi connectivity index (χ1) is 15.0. The molecule has 0 aliphatic heterocycles. The number of methoxy groups -OCH3 is 1. The Morgan fingerprint density at radius 1 is 1.13 bits per heavy atom. The minimum Gasteiger partial charge on any atom is -0.466 e. The number of esters is 1. The number of rotatable bonds is 6. The number of ether oxygens (including phenoxy) is 1. The van der Waals surface area contributed by atoms with E-state index >= 15 is 0 Å². The van der Waals surface area contributed by atoms with Crippen LogP contribution in [0.25, 0.3) is 17.3 Å². The number of thiazole rings is 1. The van der Waals surface area contributed by atoms with Gasteiger partial charge in [0.1, 0.15) is 15.3 Å². The van der Waals surface area contributed by atoms with Crippen LogP contribution in [0.1, 0.15) is 5.56 Å². The van der Waals surface area contributed by atoms with E-state index in [0.29, 0.717) is 18.7 Å². The molecular formula is C23H19N3O4S. The first-order valence-electron chi connectivity index (χ1n) is 9.38. The fourth-order valence-corrected chi connectivity index (χ4v) is 3.94. The van der Waals surface area contributed by atoms with E-state index in [4.69, 9.17) is 0 Å². The topological polar surface area (TPSA) is 101 Å². The Kier molecular flexibility index (Phi) is 7.14. The van der Waals surface area contributed by atoms with Crippen LogP contribution in [-0.4, -0.2) is 30.1 Å². The standard InChI is InChI=1S/C23H19N3O4S/c1-30-20(27)14-19-22(29)26(17-10-6-3-7-11-17)23(31-19)18(15-24)21(28)25-13-12-16-8-4-2-5-9-16/h2-11,14H,12-13H2,1H3,(H,25,28)/b19-14+,23-18+. The summed E-state index contributed by atoms with van der Waals surface area (Å²) in [5.41, 5.74) is 0.812. The quantitative estimate of drug-likeness (QED) is 0.582. The van der Waals surface area contributed by atoms with Crippen LogP contribution in [0.5, 0.6) is 0 Å². The number of para-hydroxylation sites is 1. The Bertz CT molecular complexity index is 1300. The summed E-state index contributed by atoms with van der Waals surface area (Å²) in [6.07, 6.45) is 1.65. The normalized spacial score (nSPS) is 12.1. The van der Waals surface area contributed by atoms with Gasteiger partial charge in [-0.2, -0.15) is 5.26 Å². The van der Waals surface area contributed by atoms with E-state index < -0.39 is 17.4 Å². The number of nitrogens with one attached hydrogen (secondary N) is 1. The van der Waals surface area contributed by atoms with Crippen LogP contribution in [0.4, 0.5) is 0 Å². The molecule has 0 spiro atoms. The third kappa shape index (κ3) is 5.15. The highest BCUT2D eigenvalue weighted by molar-refractivity contribution is 7.07. The van der Waals surface area contributed by atoms with E-state index in [1.54, 1.807) is 30.3 Å². The molecule has 3 aromatic rings. The Labute approximate surface area is 182 Å². The molecule has 2 aromatic carbocycles. The number of hydrogen-bond acceptors (Lipinski definition) is 6. The van der Waals surface area contributed by atoms with Gasteiger partial charge in [0.2, 0.25) is 0 Å². The van der Waals surface area contributed by atoms with Crippen LogP contribution in [0.3, 0.4) is 0 Å². The third-order valence-electron chi connectivity index (χ3n) is 4.38. The Morgan fingerprint density at radius 3 is 2.39 bits per heavy atom. The zero-order valence-electron chi connectivity index (χ0n) is 16.7. The van der Waals surface area contributed by atoms with Crippen molar-refractivity contribution in [3.05, 3.63) is 85.8 Å². The summed E-state index contributed by atoms with van der Waals surface area (Å²) < 4.78 is 6.07. The SMILES string of the molecule is COC(=O)/C=c1/s/c(=C(\C#N)C(=O)NCCc2ccccc2)n(-c2ccccc2)c1=O. The van der Waals surface area contributed by atoms with Crippen LogP contribution in [-0.2, 0) is 20.7 Å². The van der Waals surface area contributed by atoms with Gasteiger partial charge < -0.3 is 10.1 Å². The zero-order valence-corrected chi connectivity index (χ0v) is 17.5. The van der Waals surface area contributed by atoms with E-state index in [0.717, 1.165) is 23.0 Å². The Morgan fingerprint density at radius 2 is 1.77 bits per heavy atom. The lowest BCUT2D eigenvalue weighted by molar-refractivity contribution is -0.133. The predicted octanol–water partition coefficient (Wildman–Crippen LogP) is 0.886. The average molecular weight is 433 g/mol. The number of hydrogen-bond donors (Lipinski definition) is 1. The van der Waals surface area contributed by atoms with E-state index in [-0.39, 0.29) is 14.8 Å². The van der Waals surface area contributed by atoms with Crippen molar-refractivity contribution in [2.24, 2.45) is 0 Å². The number of amides is 1. The van der Waals surface area contributed by atoms with Crippen LogP contribution in [0.2, 0.25) is 0 Å². The summed E-state index contributed by atoms with van der Waals surface area (Å²) in [5, 5.41) is 12.4. The van der Waals surface area contributed by atoms with Crippen LogP contribution in [0.15, 0.2) is 65.5 Å². The molecule has 1 amide bonds. The summed E-state index contributed by atoms with van der Waals surface area (Å²) in [5.74, 6) is -1.29. The zero-order chi connectivity index (χ0) is 22.2. The van der Waals surface area contributed by atoms with Gasteiger partial charge >= 0.3 is 5.97 Å². The van der Waals surface area contributed by atoms with Crippen molar-refractivity contribution in [3.63, 3.8) is 0 Å². The largest absolute Gasteiger partial charge is 0.466 e. The monoisotopic (exact) mass is 433 g/mol. The second-order valence-corrected chi connectivity index (χ2v) is 7.42. The molecule has 1 heterocycles. The molecular weight excluding hydrogens is 414 g/mol. The molecule has 0 saturated heterocycles. The first-order valence-corrected chi connectivity index (χ1v) is 10.2. The summed E-state index contributed by atoms with van der Waals surface area (Å²) in [7, 11) is 1.20. The highest BCUT2D eigenvalue weighted by atomic mass is 32.1. The van der Waals surface area contributed by atoms with Crippen LogP contribution in [0, 0.1) is 11.3 Å². The molecule has 0 fully saturated rings. The second-order valence-electron chi connectivity index (χ2n) is 6.39. The van der Waals surface area contributed by atoms with E-state index in [1.807, 2.05) is 36.4 Å². The van der Waals surface area contributed by atoms with Gasteiger partial charge in [-0.05, 0) is 24.1 Å². The molecule has 0 unspecified atom stereocenters. The van der Waals surface area contributed by atoms with Crippen molar-refractivity contribution in [2.45, 2.75) is 6.42 Å². The fourth-order valence-electron chi connectivity index (χ4n) is 2.88. The van der Waals surface area contributed by atoms with Gasteiger partial charge in [0.05, 0.1) is 12.8 Å². The number of carbonyl (C=O) groups excluding carboxylic acids is 2. The van der Waals surface area contributed by atoms with Gasteiger partial charge in [-0.3, -0.25) is 14.2 Å². The first kappa shape index (κ1) is 21.7. The average Bonchev–Trinajstić information content (AvgIpc) is 3.11. The summed E-state index contributed by atoms with van der Waals surface area (Å²) in [6, 6.07) is 20.2. The van der Waals surface area contributed by atoms with Crippen molar-refractivity contribution in [1.29, 1.82) is 5.26 Å². The summed E-state index contributed by atoms with van der Waals surface area (Å²) in [4.78, 5) is 37.4. The van der Waals surface area contributed by atoms with Crippen molar-refractivity contribution < 1.29 is 14.3 Å². The van der Waals surface area contributed by atoms with E-state index in [2.05, 4.69) is 10.1 Å². The molecule has 8 heteroatoms. The van der Waals surface area contributed by atoms with Gasteiger partial charge in [0, 0.05) is 12.6 Å².